The Morgan fingerprint density at radius 1 is 1.25 bits per heavy atom. The molecule has 2 aromatic rings. The number of carbonyl (C=O) groups is 1. The number of fused-ring (bicyclic) bond motifs is 1. The fourth-order valence-electron chi connectivity index (χ4n) is 5.80. The van der Waals surface area contributed by atoms with E-state index in [0.29, 0.717) is 18.2 Å². The van der Waals surface area contributed by atoms with Gasteiger partial charge in [0.05, 0.1) is 12.1 Å². The van der Waals surface area contributed by atoms with Crippen LogP contribution in [0.15, 0.2) is 36.5 Å². The first-order valence-corrected chi connectivity index (χ1v) is 13.0. The second-order valence-electron chi connectivity index (χ2n) is 12.1. The Hall–Kier alpha value is -2.51. The largest absolute Gasteiger partial charge is 0.471 e. The summed E-state index contributed by atoms with van der Waals surface area (Å²) < 4.78 is 20.1. The zero-order valence-electron chi connectivity index (χ0n) is 22.1. The molecule has 196 valence electrons. The minimum absolute atomic E-state index is 0.0181. The van der Waals surface area contributed by atoms with Crippen LogP contribution in [0.25, 0.3) is 0 Å². The Balaban J connectivity index is 1.51. The van der Waals surface area contributed by atoms with Crippen LogP contribution in [-0.2, 0) is 17.6 Å². The molecule has 1 fully saturated rings. The van der Waals surface area contributed by atoms with Crippen LogP contribution in [0.4, 0.5) is 4.39 Å². The van der Waals surface area contributed by atoms with Gasteiger partial charge in [-0.1, -0.05) is 39.8 Å². The smallest absolute Gasteiger partial charge is 0.218 e. The summed E-state index contributed by atoms with van der Waals surface area (Å²) in [5.74, 6) is 0.730. The molecule has 4 rings (SSSR count). The molecule has 0 unspecified atom stereocenters. The number of nitrogens with one attached hydrogen (secondary N) is 2. The van der Waals surface area contributed by atoms with Gasteiger partial charge >= 0.3 is 0 Å². The number of aliphatic hydroxyl groups excluding tert-OH is 1. The van der Waals surface area contributed by atoms with Gasteiger partial charge in [0.1, 0.15) is 11.4 Å². The minimum Gasteiger partial charge on any atom is -0.471 e. The molecule has 7 heteroatoms. The van der Waals surface area contributed by atoms with E-state index in [9.17, 15) is 14.3 Å². The third-order valence-electron chi connectivity index (χ3n) is 7.15. The van der Waals surface area contributed by atoms with Crippen LogP contribution in [0.1, 0.15) is 76.6 Å². The lowest BCUT2D eigenvalue weighted by Gasteiger charge is -2.50. The first kappa shape index (κ1) is 26.6. The predicted molar refractivity (Wildman–Crippen MR) is 138 cm³/mol. The number of amides is 1. The Bertz CT molecular complexity index is 1080. The van der Waals surface area contributed by atoms with Crippen LogP contribution >= 0.6 is 0 Å². The van der Waals surface area contributed by atoms with Gasteiger partial charge in [0.15, 0.2) is 0 Å². The average molecular weight is 498 g/mol. The van der Waals surface area contributed by atoms with Crippen molar-refractivity contribution in [3.63, 3.8) is 0 Å². The van der Waals surface area contributed by atoms with Crippen molar-refractivity contribution in [1.29, 1.82) is 0 Å². The lowest BCUT2D eigenvalue weighted by molar-refractivity contribution is -0.120. The minimum atomic E-state index is -0.856. The van der Waals surface area contributed by atoms with Gasteiger partial charge in [0.2, 0.25) is 11.8 Å². The van der Waals surface area contributed by atoms with Gasteiger partial charge in [-0.15, -0.1) is 0 Å². The van der Waals surface area contributed by atoms with Gasteiger partial charge < -0.3 is 20.5 Å². The van der Waals surface area contributed by atoms with Crippen LogP contribution in [0, 0.1) is 17.2 Å². The third-order valence-corrected chi connectivity index (χ3v) is 7.15. The standard InChI is InChI=1S/C29H40FN3O3/c1-18-12-29(13-18)15-25(23-10-21(14-28(3,4)5)16-32-27(23)36-29)31-17-26(35)24(33-19(2)34)11-20-7-6-8-22(30)9-20/h6-10,16,18,24-26,31,35H,11-15,17H2,1-5H3,(H,33,34)/t18?,24-,25-,26+,29?/m0/s1. The van der Waals surface area contributed by atoms with Crippen molar-refractivity contribution >= 4 is 5.91 Å². The van der Waals surface area contributed by atoms with Crippen molar-refractivity contribution in [3.8, 4) is 5.88 Å². The summed E-state index contributed by atoms with van der Waals surface area (Å²) in [7, 11) is 0. The van der Waals surface area contributed by atoms with Crippen molar-refractivity contribution in [2.75, 3.05) is 6.54 Å². The van der Waals surface area contributed by atoms with E-state index in [2.05, 4.69) is 44.4 Å². The predicted octanol–water partition coefficient (Wildman–Crippen LogP) is 4.50. The first-order valence-electron chi connectivity index (χ1n) is 13.0. The summed E-state index contributed by atoms with van der Waals surface area (Å²) in [5, 5.41) is 17.5. The van der Waals surface area contributed by atoms with Crippen LogP contribution in [0.5, 0.6) is 5.88 Å². The van der Waals surface area contributed by atoms with E-state index in [-0.39, 0.29) is 35.3 Å². The number of hydrogen-bond donors (Lipinski definition) is 3. The molecule has 1 aliphatic carbocycles. The number of aliphatic hydroxyl groups is 1. The number of benzene rings is 1. The summed E-state index contributed by atoms with van der Waals surface area (Å²) in [5.41, 5.74) is 2.83. The van der Waals surface area contributed by atoms with Gasteiger partial charge in [-0.2, -0.15) is 0 Å². The van der Waals surface area contributed by atoms with E-state index in [1.807, 2.05) is 6.20 Å². The molecule has 0 saturated heterocycles. The summed E-state index contributed by atoms with van der Waals surface area (Å²) >= 11 is 0. The number of ether oxygens (including phenoxy) is 1. The molecular weight excluding hydrogens is 457 g/mol. The summed E-state index contributed by atoms with van der Waals surface area (Å²) in [6, 6.07) is 7.89. The molecule has 1 aromatic heterocycles. The Morgan fingerprint density at radius 3 is 2.64 bits per heavy atom. The monoisotopic (exact) mass is 497 g/mol. The Kier molecular flexibility index (Phi) is 7.72. The van der Waals surface area contributed by atoms with Crippen molar-refractivity contribution in [1.82, 2.24) is 15.6 Å². The normalized spacial score (nSPS) is 24.9. The highest BCUT2D eigenvalue weighted by atomic mass is 19.1. The lowest BCUT2D eigenvalue weighted by atomic mass is 9.67. The molecule has 6 nitrogen and oxygen atoms in total. The van der Waals surface area contributed by atoms with Gasteiger partial charge in [-0.25, -0.2) is 9.37 Å². The summed E-state index contributed by atoms with van der Waals surface area (Å²) in [6.07, 6.45) is 5.10. The maximum atomic E-state index is 13.7. The number of carbonyl (C=O) groups excluding carboxylic acids is 1. The summed E-state index contributed by atoms with van der Waals surface area (Å²) in [4.78, 5) is 16.6. The second kappa shape index (κ2) is 10.5. The number of rotatable bonds is 8. The Labute approximate surface area is 214 Å². The van der Waals surface area contributed by atoms with Gasteiger partial charge in [-0.3, -0.25) is 4.79 Å². The van der Waals surface area contributed by atoms with E-state index in [1.165, 1.54) is 19.1 Å². The highest BCUT2D eigenvalue weighted by molar-refractivity contribution is 5.73. The zero-order chi connectivity index (χ0) is 26.1. The molecule has 0 radical (unpaired) electrons. The highest BCUT2D eigenvalue weighted by Gasteiger charge is 2.49. The van der Waals surface area contributed by atoms with Gasteiger partial charge in [-0.05, 0) is 66.3 Å². The average Bonchev–Trinajstić information content (AvgIpc) is 2.75. The highest BCUT2D eigenvalue weighted by Crippen LogP contribution is 2.50. The van der Waals surface area contributed by atoms with Crippen LogP contribution in [-0.4, -0.2) is 40.3 Å². The molecule has 0 bridgehead atoms. The summed E-state index contributed by atoms with van der Waals surface area (Å²) in [6.45, 7) is 10.6. The maximum absolute atomic E-state index is 13.7. The van der Waals surface area contributed by atoms with Crippen LogP contribution < -0.4 is 15.4 Å². The second-order valence-corrected chi connectivity index (χ2v) is 12.1. The molecule has 3 N–H and O–H groups in total. The quantitative estimate of drug-likeness (QED) is 0.500. The van der Waals surface area contributed by atoms with Crippen molar-refractivity contribution in [2.24, 2.45) is 11.3 Å². The first-order chi connectivity index (χ1) is 16.9. The van der Waals surface area contributed by atoms with Gasteiger partial charge in [0, 0.05) is 37.7 Å². The van der Waals surface area contributed by atoms with E-state index in [4.69, 9.17) is 9.72 Å². The molecule has 2 heterocycles. The third kappa shape index (κ3) is 6.62. The van der Waals surface area contributed by atoms with Crippen LogP contribution in [0.3, 0.4) is 0 Å². The van der Waals surface area contributed by atoms with Crippen molar-refractivity contribution < 1.29 is 19.0 Å². The fraction of sp³-hybridized carbons (Fsp3) is 0.586. The molecule has 1 aromatic carbocycles. The molecule has 2 aliphatic rings. The molecule has 1 spiro atoms. The van der Waals surface area contributed by atoms with E-state index in [0.717, 1.165) is 42.4 Å². The number of hydrogen-bond acceptors (Lipinski definition) is 5. The van der Waals surface area contributed by atoms with E-state index in [1.54, 1.807) is 12.1 Å². The van der Waals surface area contributed by atoms with Gasteiger partial charge in [0.25, 0.3) is 0 Å². The molecular formula is C29H40FN3O3. The molecule has 1 amide bonds. The van der Waals surface area contributed by atoms with Crippen molar-refractivity contribution in [3.05, 3.63) is 59.0 Å². The topological polar surface area (TPSA) is 83.5 Å². The fourth-order valence-corrected chi connectivity index (χ4v) is 5.80. The lowest BCUT2D eigenvalue weighted by Crippen LogP contribution is -2.54. The van der Waals surface area contributed by atoms with Crippen molar-refractivity contribution in [2.45, 2.75) is 90.5 Å². The molecule has 1 saturated carbocycles. The molecule has 3 atom stereocenters. The Morgan fingerprint density at radius 2 is 2.00 bits per heavy atom. The van der Waals surface area contributed by atoms with Crippen LogP contribution in [0.2, 0.25) is 0 Å². The molecule has 36 heavy (non-hydrogen) atoms. The molecule has 1 aliphatic heterocycles. The number of halogens is 1. The number of pyridine rings is 1. The zero-order valence-corrected chi connectivity index (χ0v) is 22.1. The van der Waals surface area contributed by atoms with E-state index < -0.39 is 12.1 Å². The number of nitrogens with zero attached hydrogens (tertiary/aromatic N) is 1. The maximum Gasteiger partial charge on any atom is 0.218 e. The SMILES string of the molecule is CC(=O)N[C@@H](Cc1cccc(F)c1)[C@H](O)CN[C@H]1CC2(CC(C)C2)Oc2ncc(CC(C)(C)C)cc21. The van der Waals surface area contributed by atoms with E-state index >= 15 is 0 Å². The number of aromatic nitrogens is 1.